The van der Waals surface area contributed by atoms with Gasteiger partial charge in [-0.2, -0.15) is 0 Å². The molecular weight excluding hydrogens is 350 g/mol. The van der Waals surface area contributed by atoms with Gasteiger partial charge in [0.2, 0.25) is 5.91 Å². The van der Waals surface area contributed by atoms with E-state index < -0.39 is 0 Å². The molecule has 1 fully saturated rings. The molecule has 2 aromatic rings. The van der Waals surface area contributed by atoms with Crippen LogP contribution in [-0.4, -0.2) is 61.4 Å². The number of nitrogens with one attached hydrogen (secondary N) is 1. The third-order valence-corrected chi connectivity index (χ3v) is 5.29. The van der Waals surface area contributed by atoms with Crippen LogP contribution in [0.2, 0.25) is 0 Å². The third-order valence-electron chi connectivity index (χ3n) is 4.44. The Bertz CT molecular complexity index is 768. The number of anilines is 1. The number of carbonyl (C=O) groups excluding carboxylic acids is 2. The maximum Gasteiger partial charge on any atom is 0.264 e. The summed E-state index contributed by atoms with van der Waals surface area (Å²) in [4.78, 5) is 29.2. The molecule has 1 aromatic heterocycles. The monoisotopic (exact) mass is 373 g/mol. The zero-order valence-corrected chi connectivity index (χ0v) is 15.8. The van der Waals surface area contributed by atoms with Crippen LogP contribution >= 0.6 is 11.3 Å². The molecular formula is C19H23N3O3S. The molecule has 1 saturated heterocycles. The van der Waals surface area contributed by atoms with Gasteiger partial charge in [-0.05, 0) is 36.1 Å². The summed E-state index contributed by atoms with van der Waals surface area (Å²) in [6.45, 7) is 4.45. The molecule has 0 aliphatic carbocycles. The van der Waals surface area contributed by atoms with Crippen LogP contribution in [0.25, 0.3) is 0 Å². The van der Waals surface area contributed by atoms with Crippen LogP contribution in [0.1, 0.15) is 15.2 Å². The van der Waals surface area contributed by atoms with Crippen molar-refractivity contribution in [2.75, 3.05) is 45.2 Å². The summed E-state index contributed by atoms with van der Waals surface area (Å²) in [5.74, 6) is 0.793. The lowest BCUT2D eigenvalue weighted by Gasteiger charge is -2.34. The van der Waals surface area contributed by atoms with Crippen LogP contribution in [0.15, 0.2) is 35.7 Å². The molecule has 1 aliphatic rings. The normalized spacial score (nSPS) is 14.2. The molecule has 2 amide bonds. The smallest absolute Gasteiger partial charge is 0.264 e. The van der Waals surface area contributed by atoms with E-state index in [1.165, 1.54) is 11.3 Å². The number of aryl methyl sites for hydroxylation is 1. The van der Waals surface area contributed by atoms with Crippen molar-refractivity contribution < 1.29 is 14.3 Å². The Morgan fingerprint density at radius 2 is 1.88 bits per heavy atom. The van der Waals surface area contributed by atoms with E-state index in [1.807, 2.05) is 47.5 Å². The predicted octanol–water partition coefficient (Wildman–Crippen LogP) is 2.46. The predicted molar refractivity (Wildman–Crippen MR) is 103 cm³/mol. The maximum absolute atomic E-state index is 12.5. The number of rotatable bonds is 5. The number of benzene rings is 1. The minimum Gasteiger partial charge on any atom is -0.495 e. The Kier molecular flexibility index (Phi) is 5.78. The average Bonchev–Trinajstić information content (AvgIpc) is 3.20. The van der Waals surface area contributed by atoms with Crippen molar-refractivity contribution in [1.29, 1.82) is 0 Å². The Morgan fingerprint density at radius 3 is 2.54 bits per heavy atom. The van der Waals surface area contributed by atoms with Gasteiger partial charge < -0.3 is 19.9 Å². The second-order valence-corrected chi connectivity index (χ2v) is 7.16. The van der Waals surface area contributed by atoms with Crippen LogP contribution in [0.5, 0.6) is 5.75 Å². The van der Waals surface area contributed by atoms with Crippen molar-refractivity contribution in [1.82, 2.24) is 9.80 Å². The van der Waals surface area contributed by atoms with Crippen LogP contribution in [0, 0.1) is 6.92 Å². The number of thiophene rings is 1. The molecule has 7 heteroatoms. The first-order chi connectivity index (χ1) is 12.6. The molecule has 26 heavy (non-hydrogen) atoms. The third kappa shape index (κ3) is 4.16. The topological polar surface area (TPSA) is 61.9 Å². The van der Waals surface area contributed by atoms with Gasteiger partial charge in [0.25, 0.3) is 5.91 Å². The van der Waals surface area contributed by atoms with Crippen molar-refractivity contribution in [3.05, 3.63) is 46.2 Å². The van der Waals surface area contributed by atoms with Crippen molar-refractivity contribution in [3.63, 3.8) is 0 Å². The summed E-state index contributed by atoms with van der Waals surface area (Å²) >= 11 is 1.45. The van der Waals surface area contributed by atoms with Crippen molar-refractivity contribution in [2.45, 2.75) is 6.92 Å². The van der Waals surface area contributed by atoms with E-state index in [-0.39, 0.29) is 18.4 Å². The van der Waals surface area contributed by atoms with Gasteiger partial charge in [-0.25, -0.2) is 0 Å². The summed E-state index contributed by atoms with van der Waals surface area (Å²) < 4.78 is 5.32. The largest absolute Gasteiger partial charge is 0.495 e. The zero-order chi connectivity index (χ0) is 18.5. The van der Waals surface area contributed by atoms with E-state index in [2.05, 4.69) is 5.32 Å². The Morgan fingerprint density at radius 1 is 1.15 bits per heavy atom. The minimum atomic E-state index is 0.0248. The van der Waals surface area contributed by atoms with E-state index >= 15 is 0 Å². The highest BCUT2D eigenvalue weighted by molar-refractivity contribution is 7.12. The summed E-state index contributed by atoms with van der Waals surface area (Å²) in [5.41, 5.74) is 1.91. The van der Waals surface area contributed by atoms with E-state index in [1.54, 1.807) is 12.0 Å². The SMILES string of the molecule is COc1ccc(C)cc1NCC(=O)N1CCN(C(=O)c2cccs2)CC1. The fourth-order valence-electron chi connectivity index (χ4n) is 2.96. The number of amides is 2. The van der Waals surface area contributed by atoms with Crippen LogP contribution in [0.4, 0.5) is 5.69 Å². The van der Waals surface area contributed by atoms with Gasteiger partial charge in [0, 0.05) is 26.2 Å². The molecule has 6 nitrogen and oxygen atoms in total. The highest BCUT2D eigenvalue weighted by Crippen LogP contribution is 2.25. The lowest BCUT2D eigenvalue weighted by Crippen LogP contribution is -2.51. The van der Waals surface area contributed by atoms with Gasteiger partial charge in [-0.1, -0.05) is 12.1 Å². The Labute approximate surface area is 157 Å². The molecule has 0 atom stereocenters. The Balaban J connectivity index is 1.51. The van der Waals surface area contributed by atoms with Crippen LogP contribution in [-0.2, 0) is 4.79 Å². The molecule has 0 saturated carbocycles. The highest BCUT2D eigenvalue weighted by Gasteiger charge is 2.25. The van der Waals surface area contributed by atoms with Crippen molar-refractivity contribution in [3.8, 4) is 5.75 Å². The standard InChI is InChI=1S/C19H23N3O3S/c1-14-5-6-16(25-2)15(12-14)20-13-18(23)21-7-9-22(10-8-21)19(24)17-4-3-11-26-17/h3-6,11-12,20H,7-10,13H2,1-2H3. The molecule has 0 radical (unpaired) electrons. The van der Waals surface area contributed by atoms with E-state index in [4.69, 9.17) is 4.74 Å². The molecule has 1 N–H and O–H groups in total. The van der Waals surface area contributed by atoms with Gasteiger partial charge in [0.05, 0.1) is 24.2 Å². The summed E-state index contributed by atoms with van der Waals surface area (Å²) in [5, 5.41) is 5.06. The lowest BCUT2D eigenvalue weighted by molar-refractivity contribution is -0.130. The molecule has 2 heterocycles. The number of carbonyl (C=O) groups is 2. The first-order valence-electron chi connectivity index (χ1n) is 8.57. The number of hydrogen-bond donors (Lipinski definition) is 1. The summed E-state index contributed by atoms with van der Waals surface area (Å²) in [6, 6.07) is 9.53. The number of nitrogens with zero attached hydrogens (tertiary/aromatic N) is 2. The van der Waals surface area contributed by atoms with E-state index in [0.29, 0.717) is 26.2 Å². The van der Waals surface area contributed by atoms with Gasteiger partial charge in [0.1, 0.15) is 5.75 Å². The molecule has 1 aliphatic heterocycles. The van der Waals surface area contributed by atoms with Crippen LogP contribution < -0.4 is 10.1 Å². The molecule has 0 unspecified atom stereocenters. The lowest BCUT2D eigenvalue weighted by atomic mass is 10.2. The molecule has 1 aromatic carbocycles. The second kappa shape index (κ2) is 8.23. The fraction of sp³-hybridized carbons (Fsp3) is 0.368. The molecule has 3 rings (SSSR count). The van der Waals surface area contributed by atoms with Crippen molar-refractivity contribution in [2.24, 2.45) is 0 Å². The van der Waals surface area contributed by atoms with Gasteiger partial charge in [-0.3, -0.25) is 9.59 Å². The summed E-state index contributed by atoms with van der Waals surface area (Å²) in [6.07, 6.45) is 0. The molecule has 0 spiro atoms. The molecule has 0 bridgehead atoms. The average molecular weight is 373 g/mol. The second-order valence-electron chi connectivity index (χ2n) is 6.21. The number of hydrogen-bond acceptors (Lipinski definition) is 5. The number of methoxy groups -OCH3 is 1. The van der Waals surface area contributed by atoms with E-state index in [0.717, 1.165) is 21.9 Å². The fourth-order valence-corrected chi connectivity index (χ4v) is 3.65. The number of ether oxygens (including phenoxy) is 1. The van der Waals surface area contributed by atoms with Gasteiger partial charge >= 0.3 is 0 Å². The van der Waals surface area contributed by atoms with Gasteiger partial charge in [-0.15, -0.1) is 11.3 Å². The molecule has 138 valence electrons. The maximum atomic E-state index is 12.5. The van der Waals surface area contributed by atoms with Crippen molar-refractivity contribution >= 4 is 28.8 Å². The summed E-state index contributed by atoms with van der Waals surface area (Å²) in [7, 11) is 1.61. The first kappa shape index (κ1) is 18.3. The first-order valence-corrected chi connectivity index (χ1v) is 9.45. The quantitative estimate of drug-likeness (QED) is 0.875. The van der Waals surface area contributed by atoms with E-state index in [9.17, 15) is 9.59 Å². The van der Waals surface area contributed by atoms with Crippen LogP contribution in [0.3, 0.4) is 0 Å². The zero-order valence-electron chi connectivity index (χ0n) is 15.0. The Hall–Kier alpha value is -2.54. The number of piperazine rings is 1. The highest BCUT2D eigenvalue weighted by atomic mass is 32.1. The van der Waals surface area contributed by atoms with Gasteiger partial charge in [0.15, 0.2) is 0 Å². The minimum absolute atomic E-state index is 0.0248.